The molecule has 2 heterocycles. The number of ketones is 1. The normalized spacial score (nSPS) is 13.8. The molecular weight excluding hydrogens is 784 g/mol. The van der Waals surface area contributed by atoms with Crippen LogP contribution in [0.1, 0.15) is 67.7 Å². The number of methoxy groups -OCH3 is 1. The van der Waals surface area contributed by atoms with E-state index in [1.807, 2.05) is 60.7 Å². The zero-order valence-corrected chi connectivity index (χ0v) is 34.9. The van der Waals surface area contributed by atoms with Crippen LogP contribution in [0, 0.1) is 0 Å². The molecule has 316 valence electrons. The first kappa shape index (κ1) is 43.9. The monoisotopic (exact) mass is 836 g/mol. The van der Waals surface area contributed by atoms with Gasteiger partial charge in [0.2, 0.25) is 11.5 Å². The van der Waals surface area contributed by atoms with E-state index in [2.05, 4.69) is 15.2 Å². The van der Waals surface area contributed by atoms with E-state index in [0.29, 0.717) is 97.4 Å². The van der Waals surface area contributed by atoms with Crippen molar-refractivity contribution in [1.29, 1.82) is 0 Å². The summed E-state index contributed by atoms with van der Waals surface area (Å²) in [5.74, 6) is 0.573. The maximum absolute atomic E-state index is 13.0. The summed E-state index contributed by atoms with van der Waals surface area (Å²) in [6.07, 6.45) is 2.80. The highest BCUT2D eigenvalue weighted by molar-refractivity contribution is 6.31. The van der Waals surface area contributed by atoms with Crippen molar-refractivity contribution in [2.24, 2.45) is 0 Å². The SMILES string of the molecule is COc1cc(CC(=O)CCCN(C)C(=O)CCN2CCC(OC(=O)Nc3ccccc3-c3ccccc3)CC2)c(Cl)cc1CCC[C@H](O)c1ccc(O)c2[nH]c(=O)ccc12. The molecule has 0 unspecified atom stereocenters. The lowest BCUT2D eigenvalue weighted by Gasteiger charge is -2.31. The number of phenolic OH excluding ortho intramolecular Hbond substituents is 1. The van der Waals surface area contributed by atoms with E-state index in [0.717, 1.165) is 29.8 Å². The molecule has 0 aliphatic carbocycles. The van der Waals surface area contributed by atoms with Crippen LogP contribution >= 0.6 is 11.6 Å². The van der Waals surface area contributed by atoms with Crippen molar-refractivity contribution < 1.29 is 34.1 Å². The Bertz CT molecular complexity index is 2330. The Morgan fingerprint density at radius 2 is 1.70 bits per heavy atom. The van der Waals surface area contributed by atoms with Gasteiger partial charge in [0.1, 0.15) is 23.4 Å². The zero-order valence-electron chi connectivity index (χ0n) is 34.1. The summed E-state index contributed by atoms with van der Waals surface area (Å²) < 4.78 is 11.4. The zero-order chi connectivity index (χ0) is 42.6. The number of nitrogens with one attached hydrogen (secondary N) is 2. The van der Waals surface area contributed by atoms with Gasteiger partial charge in [-0.05, 0) is 91.1 Å². The van der Waals surface area contributed by atoms with Crippen LogP contribution in [0.5, 0.6) is 11.5 Å². The minimum absolute atomic E-state index is 0.0114. The molecule has 2 amide bonds. The number of hydrogen-bond donors (Lipinski definition) is 4. The second kappa shape index (κ2) is 21.0. The minimum Gasteiger partial charge on any atom is -0.506 e. The van der Waals surface area contributed by atoms with Crippen LogP contribution in [0.25, 0.3) is 22.0 Å². The molecule has 1 saturated heterocycles. The van der Waals surface area contributed by atoms with Gasteiger partial charge in [-0.2, -0.15) is 0 Å². The maximum atomic E-state index is 13.0. The topological polar surface area (TPSA) is 162 Å². The lowest BCUT2D eigenvalue weighted by molar-refractivity contribution is -0.130. The summed E-state index contributed by atoms with van der Waals surface area (Å²) in [6, 6.07) is 27.2. The first-order valence-electron chi connectivity index (χ1n) is 20.5. The molecule has 1 aliphatic heterocycles. The third kappa shape index (κ3) is 11.7. The molecule has 1 aromatic heterocycles. The predicted molar refractivity (Wildman–Crippen MR) is 234 cm³/mol. The lowest BCUT2D eigenvalue weighted by atomic mass is 9.96. The molecule has 1 atom stereocenters. The molecule has 12 nitrogen and oxygen atoms in total. The molecule has 60 heavy (non-hydrogen) atoms. The number of amides is 2. The number of carbonyl (C=O) groups is 3. The van der Waals surface area contributed by atoms with Crippen molar-refractivity contribution in [1.82, 2.24) is 14.8 Å². The van der Waals surface area contributed by atoms with E-state index >= 15 is 0 Å². The quantitative estimate of drug-likeness (QED) is 0.0684. The van der Waals surface area contributed by atoms with Crippen LogP contribution in [-0.4, -0.2) is 89.2 Å². The number of aromatic nitrogens is 1. The number of phenols is 1. The summed E-state index contributed by atoms with van der Waals surface area (Å²) >= 11 is 6.65. The second-order valence-electron chi connectivity index (χ2n) is 15.3. The Labute approximate surface area is 355 Å². The second-order valence-corrected chi connectivity index (χ2v) is 15.7. The average molecular weight is 837 g/mol. The maximum Gasteiger partial charge on any atom is 0.411 e. The van der Waals surface area contributed by atoms with Gasteiger partial charge in [-0.1, -0.05) is 66.2 Å². The van der Waals surface area contributed by atoms with Gasteiger partial charge in [0, 0.05) is 74.5 Å². The molecule has 4 N–H and O–H groups in total. The van der Waals surface area contributed by atoms with E-state index in [-0.39, 0.29) is 41.0 Å². The van der Waals surface area contributed by atoms with E-state index in [1.54, 1.807) is 37.3 Å². The molecule has 13 heteroatoms. The van der Waals surface area contributed by atoms with Gasteiger partial charge in [0.05, 0.1) is 24.4 Å². The summed E-state index contributed by atoms with van der Waals surface area (Å²) in [6.45, 7) is 2.53. The van der Waals surface area contributed by atoms with Crippen LogP contribution in [0.2, 0.25) is 5.02 Å². The Hall–Kier alpha value is -5.69. The van der Waals surface area contributed by atoms with Crippen molar-refractivity contribution in [2.45, 2.75) is 70.0 Å². The van der Waals surface area contributed by atoms with Crippen LogP contribution in [-0.2, 0) is 27.2 Å². The summed E-state index contributed by atoms with van der Waals surface area (Å²) in [4.78, 5) is 57.0. The number of halogens is 1. The number of likely N-dealkylation sites (tertiary alicyclic amines) is 1. The van der Waals surface area contributed by atoms with Crippen molar-refractivity contribution in [3.63, 3.8) is 0 Å². The van der Waals surface area contributed by atoms with Crippen molar-refractivity contribution in [2.75, 3.05) is 45.7 Å². The first-order valence-corrected chi connectivity index (χ1v) is 20.8. The van der Waals surface area contributed by atoms with Gasteiger partial charge >= 0.3 is 6.09 Å². The molecular formula is C47H53ClN4O8. The van der Waals surface area contributed by atoms with Gasteiger partial charge in [-0.15, -0.1) is 0 Å². The summed E-state index contributed by atoms with van der Waals surface area (Å²) in [7, 11) is 3.32. The number of aromatic amines is 1. The molecule has 1 aliphatic rings. The van der Waals surface area contributed by atoms with Crippen LogP contribution in [0.4, 0.5) is 10.5 Å². The Balaban J connectivity index is 0.877. The van der Waals surface area contributed by atoms with Crippen molar-refractivity contribution in [3.8, 4) is 22.6 Å². The lowest BCUT2D eigenvalue weighted by Crippen LogP contribution is -2.40. The molecule has 6 rings (SSSR count). The fraction of sp³-hybridized carbons (Fsp3) is 0.362. The number of aliphatic hydroxyl groups excluding tert-OH is 1. The van der Waals surface area contributed by atoms with Crippen LogP contribution < -0.4 is 15.6 Å². The molecule has 1 fully saturated rings. The number of fused-ring (bicyclic) bond motifs is 1. The number of benzene rings is 4. The fourth-order valence-corrected chi connectivity index (χ4v) is 7.99. The van der Waals surface area contributed by atoms with Crippen LogP contribution in [0.3, 0.4) is 0 Å². The third-order valence-electron chi connectivity index (χ3n) is 11.1. The van der Waals surface area contributed by atoms with E-state index < -0.39 is 12.2 Å². The predicted octanol–water partition coefficient (Wildman–Crippen LogP) is 8.07. The highest BCUT2D eigenvalue weighted by Gasteiger charge is 2.24. The minimum atomic E-state index is -0.825. The van der Waals surface area contributed by atoms with Gasteiger partial charge in [-0.25, -0.2) is 4.79 Å². The number of rotatable bonds is 18. The molecule has 0 radical (unpaired) electrons. The van der Waals surface area contributed by atoms with E-state index in [4.69, 9.17) is 21.1 Å². The van der Waals surface area contributed by atoms with Crippen molar-refractivity contribution in [3.05, 3.63) is 123 Å². The molecule has 5 aromatic rings. The number of pyridine rings is 1. The molecule has 0 bridgehead atoms. The molecule has 0 spiro atoms. The van der Waals surface area contributed by atoms with E-state index in [9.17, 15) is 29.4 Å². The number of ether oxygens (including phenoxy) is 2. The number of aromatic hydroxyl groups is 1. The number of aliphatic hydroxyl groups is 1. The molecule has 4 aromatic carbocycles. The third-order valence-corrected chi connectivity index (χ3v) is 11.5. The standard InChI is InChI=1S/C47H53ClN4O8/c1-51(45(57)23-27-52-25-21-35(22-26-52)60-47(58)49-40-15-7-6-14-36(40)31-10-4-3-5-11-31)24-9-13-34(53)28-33-30-43(59-2)32(29-39(33)48)12-8-16-41(54)37-17-19-42(55)46-38(37)18-20-44(56)50-46/h3-7,10-11,14-15,17-20,29-30,35,41,54-55H,8-9,12-13,16,21-28H2,1-2H3,(H,49,58)(H,50,56)/t41-/m0/s1. The summed E-state index contributed by atoms with van der Waals surface area (Å²) in [5.41, 5.74) is 4.70. The first-order chi connectivity index (χ1) is 29.0. The summed E-state index contributed by atoms with van der Waals surface area (Å²) in [5, 5.41) is 25.1. The molecule has 0 saturated carbocycles. The van der Waals surface area contributed by atoms with Gasteiger partial charge in [0.15, 0.2) is 0 Å². The Morgan fingerprint density at radius 1 is 0.950 bits per heavy atom. The number of carbonyl (C=O) groups excluding carboxylic acids is 3. The number of para-hydroxylation sites is 1. The van der Waals surface area contributed by atoms with Gasteiger partial charge < -0.3 is 34.5 Å². The number of nitrogens with zero attached hydrogens (tertiary/aromatic N) is 2. The number of Topliss-reactive ketones (excluding diaryl/α,β-unsaturated/α-hetero) is 1. The highest BCUT2D eigenvalue weighted by Crippen LogP contribution is 2.33. The number of anilines is 1. The Kier molecular flexibility index (Phi) is 15.4. The fourth-order valence-electron chi connectivity index (χ4n) is 7.74. The van der Waals surface area contributed by atoms with E-state index in [1.165, 1.54) is 12.1 Å². The van der Waals surface area contributed by atoms with Crippen molar-refractivity contribution >= 4 is 46.0 Å². The smallest absolute Gasteiger partial charge is 0.411 e. The largest absolute Gasteiger partial charge is 0.506 e. The number of H-pyrrole nitrogens is 1. The number of aryl methyl sites for hydroxylation is 1. The Morgan fingerprint density at radius 3 is 2.47 bits per heavy atom. The number of piperidine rings is 1. The van der Waals surface area contributed by atoms with Gasteiger partial charge in [-0.3, -0.25) is 19.7 Å². The van der Waals surface area contributed by atoms with Gasteiger partial charge in [0.25, 0.3) is 0 Å². The number of hydrogen-bond acceptors (Lipinski definition) is 9. The average Bonchev–Trinajstić information content (AvgIpc) is 3.24. The van der Waals surface area contributed by atoms with Crippen LogP contribution in [0.15, 0.2) is 95.8 Å². The highest BCUT2D eigenvalue weighted by atomic mass is 35.5.